The summed E-state index contributed by atoms with van der Waals surface area (Å²) in [6, 6.07) is 4.56. The molecule has 0 radical (unpaired) electrons. The number of benzene rings is 1. The van der Waals surface area contributed by atoms with Gasteiger partial charge < -0.3 is 9.63 Å². The largest absolute Gasteiger partial charge is 0.506 e. The summed E-state index contributed by atoms with van der Waals surface area (Å²) < 4.78 is 29.8. The van der Waals surface area contributed by atoms with Crippen LogP contribution < -0.4 is 4.72 Å². The Kier molecular flexibility index (Phi) is 4.81. The topological polar surface area (TPSA) is 105 Å². The van der Waals surface area contributed by atoms with E-state index < -0.39 is 10.0 Å². The van der Waals surface area contributed by atoms with Crippen molar-refractivity contribution in [3.8, 4) is 5.75 Å². The fourth-order valence-corrected chi connectivity index (χ4v) is 2.33. The first kappa shape index (κ1) is 16.0. The number of aromatic hydroxyl groups is 1. The lowest BCUT2D eigenvalue weighted by Crippen LogP contribution is -2.09. The third-order valence-corrected chi connectivity index (χ3v) is 3.28. The zero-order valence-corrected chi connectivity index (χ0v) is 13.1. The molecule has 2 rings (SSSR count). The number of phenolic OH excluding ortho intramolecular Hbond substituents is 1. The summed E-state index contributed by atoms with van der Waals surface area (Å²) in [6.07, 6.45) is 6.02. The minimum Gasteiger partial charge on any atom is -0.506 e. The predicted molar refractivity (Wildman–Crippen MR) is 83.8 cm³/mol. The minimum absolute atomic E-state index is 0.113. The molecular formula is C14H17N3O4S. The van der Waals surface area contributed by atoms with E-state index >= 15 is 0 Å². The van der Waals surface area contributed by atoms with Gasteiger partial charge in [-0.1, -0.05) is 18.1 Å². The number of phenols is 1. The number of aromatic nitrogens is 2. The fraction of sp³-hybridized carbons (Fsp3) is 0.286. The average Bonchev–Trinajstić information content (AvgIpc) is 2.86. The summed E-state index contributed by atoms with van der Waals surface area (Å²) in [7, 11) is -3.46. The van der Waals surface area contributed by atoms with Crippen LogP contribution in [0.4, 0.5) is 5.69 Å². The lowest BCUT2D eigenvalue weighted by atomic mass is 10.2. The monoisotopic (exact) mass is 323 g/mol. The highest BCUT2D eigenvalue weighted by Gasteiger charge is 2.07. The quantitative estimate of drug-likeness (QED) is 0.790. The number of hydrogen-bond acceptors (Lipinski definition) is 6. The van der Waals surface area contributed by atoms with Crippen LogP contribution in [-0.4, -0.2) is 29.9 Å². The van der Waals surface area contributed by atoms with Crippen LogP contribution >= 0.6 is 0 Å². The fourth-order valence-electron chi connectivity index (χ4n) is 1.77. The average molecular weight is 323 g/mol. The van der Waals surface area contributed by atoms with E-state index in [1.807, 2.05) is 6.92 Å². The van der Waals surface area contributed by atoms with E-state index in [0.717, 1.165) is 19.1 Å². The van der Waals surface area contributed by atoms with Gasteiger partial charge in [-0.15, -0.1) is 0 Å². The number of sulfonamides is 1. The van der Waals surface area contributed by atoms with Crippen LogP contribution in [-0.2, 0) is 16.4 Å². The van der Waals surface area contributed by atoms with Crippen molar-refractivity contribution in [3.63, 3.8) is 0 Å². The Bertz CT molecular complexity index is 781. The van der Waals surface area contributed by atoms with Crippen LogP contribution in [0.2, 0.25) is 0 Å². The Balaban J connectivity index is 2.18. The first-order valence-electron chi connectivity index (χ1n) is 6.69. The number of hydrogen-bond donors (Lipinski definition) is 2. The molecule has 0 fully saturated rings. The molecule has 0 atom stereocenters. The molecule has 1 heterocycles. The van der Waals surface area contributed by atoms with Crippen LogP contribution in [0.15, 0.2) is 22.7 Å². The third kappa shape index (κ3) is 4.59. The van der Waals surface area contributed by atoms with Gasteiger partial charge in [-0.3, -0.25) is 4.72 Å². The summed E-state index contributed by atoms with van der Waals surface area (Å²) in [5.41, 5.74) is 0.793. The number of aryl methyl sites for hydroxylation is 1. The van der Waals surface area contributed by atoms with Gasteiger partial charge in [0.1, 0.15) is 5.75 Å². The Hall–Kier alpha value is -2.35. The van der Waals surface area contributed by atoms with Crippen molar-refractivity contribution >= 4 is 27.9 Å². The standard InChI is InChI=1S/C14H17N3O4S/c1-3-4-13-15-14(21-16-13)8-6-10-5-7-12(18)11(9-10)17-22(2,19)20/h5-9,17-18H,3-4H2,1-2H3. The molecule has 2 N–H and O–H groups in total. The summed E-state index contributed by atoms with van der Waals surface area (Å²) in [4.78, 5) is 4.19. The Morgan fingerprint density at radius 3 is 2.82 bits per heavy atom. The second kappa shape index (κ2) is 6.61. The van der Waals surface area contributed by atoms with Gasteiger partial charge in [0.15, 0.2) is 5.82 Å². The van der Waals surface area contributed by atoms with Gasteiger partial charge >= 0.3 is 0 Å². The van der Waals surface area contributed by atoms with Gasteiger partial charge in [0, 0.05) is 12.5 Å². The van der Waals surface area contributed by atoms with Gasteiger partial charge in [0.2, 0.25) is 10.0 Å². The molecule has 7 nitrogen and oxygen atoms in total. The molecule has 0 aliphatic rings. The normalized spacial score (nSPS) is 11.9. The first-order chi connectivity index (χ1) is 10.4. The Labute approximate surface area is 128 Å². The van der Waals surface area contributed by atoms with Crippen LogP contribution in [0.3, 0.4) is 0 Å². The molecule has 1 aromatic carbocycles. The molecule has 8 heteroatoms. The summed E-state index contributed by atoms with van der Waals surface area (Å²) in [5.74, 6) is 0.868. The SMILES string of the molecule is CCCc1noc(C=Cc2ccc(O)c(NS(C)(=O)=O)c2)n1. The zero-order chi connectivity index (χ0) is 16.2. The second-order valence-electron chi connectivity index (χ2n) is 4.78. The van der Waals surface area contributed by atoms with Crippen molar-refractivity contribution in [3.05, 3.63) is 35.5 Å². The van der Waals surface area contributed by atoms with Crippen LogP contribution in [0, 0.1) is 0 Å². The summed E-state index contributed by atoms with van der Waals surface area (Å²) >= 11 is 0. The van der Waals surface area contributed by atoms with E-state index in [1.165, 1.54) is 12.1 Å². The number of nitrogens with one attached hydrogen (secondary N) is 1. The highest BCUT2D eigenvalue weighted by atomic mass is 32.2. The van der Waals surface area contributed by atoms with E-state index in [4.69, 9.17) is 4.52 Å². The Morgan fingerprint density at radius 1 is 1.36 bits per heavy atom. The molecular weight excluding hydrogens is 306 g/mol. The molecule has 0 bridgehead atoms. The van der Waals surface area contributed by atoms with E-state index in [-0.39, 0.29) is 11.4 Å². The first-order valence-corrected chi connectivity index (χ1v) is 8.58. The molecule has 0 aliphatic carbocycles. The lowest BCUT2D eigenvalue weighted by Gasteiger charge is -2.06. The molecule has 0 amide bonds. The maximum absolute atomic E-state index is 11.2. The van der Waals surface area contributed by atoms with E-state index in [2.05, 4.69) is 14.9 Å². The van der Waals surface area contributed by atoms with Gasteiger partial charge in [-0.25, -0.2) is 8.42 Å². The molecule has 0 aliphatic heterocycles. The third-order valence-electron chi connectivity index (χ3n) is 2.69. The molecule has 118 valence electrons. The maximum atomic E-state index is 11.2. The number of nitrogens with zero attached hydrogens (tertiary/aromatic N) is 2. The van der Waals surface area contributed by atoms with Crippen molar-refractivity contribution in [2.45, 2.75) is 19.8 Å². The summed E-state index contributed by atoms with van der Waals surface area (Å²) in [6.45, 7) is 2.03. The summed E-state index contributed by atoms with van der Waals surface area (Å²) in [5, 5.41) is 13.5. The molecule has 0 saturated heterocycles. The van der Waals surface area contributed by atoms with Crippen LogP contribution in [0.5, 0.6) is 5.75 Å². The highest BCUT2D eigenvalue weighted by molar-refractivity contribution is 7.92. The van der Waals surface area contributed by atoms with E-state index in [0.29, 0.717) is 17.3 Å². The van der Waals surface area contributed by atoms with E-state index in [1.54, 1.807) is 18.2 Å². The number of rotatable bonds is 6. The van der Waals surface area contributed by atoms with Crippen molar-refractivity contribution in [2.24, 2.45) is 0 Å². The maximum Gasteiger partial charge on any atom is 0.250 e. The van der Waals surface area contributed by atoms with Gasteiger partial charge in [-0.2, -0.15) is 4.98 Å². The van der Waals surface area contributed by atoms with Crippen molar-refractivity contribution in [2.75, 3.05) is 11.0 Å². The zero-order valence-electron chi connectivity index (χ0n) is 12.3. The molecule has 0 unspecified atom stereocenters. The van der Waals surface area contributed by atoms with Crippen molar-refractivity contribution in [1.82, 2.24) is 10.1 Å². The smallest absolute Gasteiger partial charge is 0.250 e. The molecule has 0 spiro atoms. The highest BCUT2D eigenvalue weighted by Crippen LogP contribution is 2.25. The van der Waals surface area contributed by atoms with Gasteiger partial charge in [-0.05, 0) is 30.2 Å². The molecule has 0 saturated carbocycles. The number of anilines is 1. The Morgan fingerprint density at radius 2 is 2.14 bits per heavy atom. The van der Waals surface area contributed by atoms with Crippen molar-refractivity contribution < 1.29 is 18.0 Å². The predicted octanol–water partition coefficient (Wildman–Crippen LogP) is 2.27. The van der Waals surface area contributed by atoms with Crippen molar-refractivity contribution in [1.29, 1.82) is 0 Å². The lowest BCUT2D eigenvalue weighted by molar-refractivity contribution is 0.403. The minimum atomic E-state index is -3.46. The molecule has 1 aromatic heterocycles. The van der Waals surface area contributed by atoms with Gasteiger partial charge in [0.05, 0.1) is 11.9 Å². The second-order valence-corrected chi connectivity index (χ2v) is 6.53. The van der Waals surface area contributed by atoms with Crippen LogP contribution in [0.25, 0.3) is 12.2 Å². The molecule has 2 aromatic rings. The molecule has 22 heavy (non-hydrogen) atoms. The van der Waals surface area contributed by atoms with E-state index in [9.17, 15) is 13.5 Å². The van der Waals surface area contributed by atoms with Crippen LogP contribution in [0.1, 0.15) is 30.6 Å². The van der Waals surface area contributed by atoms with Gasteiger partial charge in [0.25, 0.3) is 5.89 Å².